The van der Waals surface area contributed by atoms with Crippen molar-refractivity contribution in [2.75, 3.05) is 5.75 Å². The molecule has 2 nitrogen and oxygen atoms in total. The molecule has 0 spiro atoms. The van der Waals surface area contributed by atoms with Crippen LogP contribution >= 0.6 is 11.8 Å². The van der Waals surface area contributed by atoms with E-state index in [-0.39, 0.29) is 0 Å². The zero-order valence-electron chi connectivity index (χ0n) is 9.20. The number of aromatic nitrogens is 2. The minimum absolute atomic E-state index is 1.03. The lowest BCUT2D eigenvalue weighted by atomic mass is 10.2. The Morgan fingerprint density at radius 1 is 1.29 bits per heavy atom. The van der Waals surface area contributed by atoms with Crippen LogP contribution in [0.25, 0.3) is 0 Å². The minimum atomic E-state index is 1.03. The number of rotatable bonds is 7. The van der Waals surface area contributed by atoms with Gasteiger partial charge in [0.1, 0.15) is 0 Å². The van der Waals surface area contributed by atoms with Crippen LogP contribution in [0.1, 0.15) is 39.5 Å². The topological polar surface area (TPSA) is 17.8 Å². The largest absolute Gasteiger partial charge is 0.326 e. The molecule has 0 atom stereocenters. The smallest absolute Gasteiger partial charge is 0.167 e. The molecule has 3 heteroatoms. The number of hydrogen-bond donors (Lipinski definition) is 0. The van der Waals surface area contributed by atoms with Crippen LogP contribution in [0.15, 0.2) is 17.6 Å². The Bertz CT molecular complexity index is 245. The molecule has 1 aromatic heterocycles. The van der Waals surface area contributed by atoms with Crippen LogP contribution in [0.5, 0.6) is 0 Å². The minimum Gasteiger partial charge on any atom is -0.326 e. The van der Waals surface area contributed by atoms with Crippen molar-refractivity contribution in [2.45, 2.75) is 51.2 Å². The second-order valence-electron chi connectivity index (χ2n) is 3.40. The average Bonchev–Trinajstić information content (AvgIpc) is 2.65. The second kappa shape index (κ2) is 6.93. The molecule has 1 heterocycles. The van der Waals surface area contributed by atoms with Gasteiger partial charge in [-0.25, -0.2) is 4.98 Å². The monoisotopic (exact) mass is 212 g/mol. The van der Waals surface area contributed by atoms with Crippen LogP contribution in [0.3, 0.4) is 0 Å². The van der Waals surface area contributed by atoms with Gasteiger partial charge in [0.2, 0.25) is 0 Å². The lowest BCUT2D eigenvalue weighted by Crippen LogP contribution is -1.95. The molecule has 0 fully saturated rings. The van der Waals surface area contributed by atoms with Gasteiger partial charge in [0, 0.05) is 24.7 Å². The van der Waals surface area contributed by atoms with E-state index >= 15 is 0 Å². The normalized spacial score (nSPS) is 10.7. The highest BCUT2D eigenvalue weighted by Gasteiger charge is 2.00. The predicted octanol–water partition coefficient (Wildman–Crippen LogP) is 3.58. The lowest BCUT2D eigenvalue weighted by Gasteiger charge is -2.03. The van der Waals surface area contributed by atoms with Crippen molar-refractivity contribution in [3.63, 3.8) is 0 Å². The van der Waals surface area contributed by atoms with Gasteiger partial charge in [-0.05, 0) is 13.3 Å². The summed E-state index contributed by atoms with van der Waals surface area (Å²) in [5.74, 6) is 1.21. The van der Waals surface area contributed by atoms with E-state index in [1.165, 1.54) is 36.6 Å². The number of hydrogen-bond acceptors (Lipinski definition) is 2. The summed E-state index contributed by atoms with van der Waals surface area (Å²) in [5.41, 5.74) is 0. The Morgan fingerprint density at radius 3 is 2.86 bits per heavy atom. The van der Waals surface area contributed by atoms with Crippen molar-refractivity contribution < 1.29 is 0 Å². The highest BCUT2D eigenvalue weighted by molar-refractivity contribution is 7.99. The highest BCUT2D eigenvalue weighted by atomic mass is 32.2. The first-order chi connectivity index (χ1) is 6.88. The Balaban J connectivity index is 2.17. The third kappa shape index (κ3) is 3.74. The number of unbranched alkanes of at least 4 members (excludes halogenated alkanes) is 3. The van der Waals surface area contributed by atoms with Gasteiger partial charge in [-0.15, -0.1) is 0 Å². The maximum absolute atomic E-state index is 4.33. The number of thioether (sulfide) groups is 1. The Morgan fingerprint density at radius 2 is 2.14 bits per heavy atom. The summed E-state index contributed by atoms with van der Waals surface area (Å²) in [7, 11) is 0. The molecule has 0 radical (unpaired) electrons. The second-order valence-corrected chi connectivity index (χ2v) is 4.47. The Kier molecular flexibility index (Phi) is 5.76. The van der Waals surface area contributed by atoms with Crippen LogP contribution in [0.4, 0.5) is 0 Å². The summed E-state index contributed by atoms with van der Waals surface area (Å²) >= 11 is 1.88. The van der Waals surface area contributed by atoms with Crippen LogP contribution in [-0.4, -0.2) is 15.3 Å². The van der Waals surface area contributed by atoms with Gasteiger partial charge in [0.15, 0.2) is 5.16 Å². The van der Waals surface area contributed by atoms with Gasteiger partial charge >= 0.3 is 0 Å². The lowest BCUT2D eigenvalue weighted by molar-refractivity contribution is 0.677. The molecule has 1 aromatic rings. The summed E-state index contributed by atoms with van der Waals surface area (Å²) in [6.07, 6.45) is 9.29. The van der Waals surface area contributed by atoms with Gasteiger partial charge in [-0.2, -0.15) is 0 Å². The van der Waals surface area contributed by atoms with Crippen LogP contribution in [0, 0.1) is 0 Å². The molecule has 0 N–H and O–H groups in total. The number of nitrogens with zero attached hydrogens (tertiary/aromatic N) is 2. The van der Waals surface area contributed by atoms with E-state index in [0.717, 1.165) is 6.54 Å². The van der Waals surface area contributed by atoms with E-state index in [2.05, 4.69) is 23.4 Å². The summed E-state index contributed by atoms with van der Waals surface area (Å²) in [5, 5.41) is 1.17. The number of imidazole rings is 1. The van der Waals surface area contributed by atoms with E-state index in [1.54, 1.807) is 0 Å². The fourth-order valence-corrected chi connectivity index (χ4v) is 2.39. The molecule has 0 saturated carbocycles. The molecule has 1 rings (SSSR count). The molecule has 0 aliphatic rings. The summed E-state index contributed by atoms with van der Waals surface area (Å²) in [6, 6.07) is 0. The van der Waals surface area contributed by atoms with Crippen molar-refractivity contribution >= 4 is 11.8 Å². The first-order valence-electron chi connectivity index (χ1n) is 5.52. The van der Waals surface area contributed by atoms with Crippen molar-refractivity contribution in [3.05, 3.63) is 12.4 Å². The molecular formula is C11H20N2S. The molecule has 0 aliphatic carbocycles. The van der Waals surface area contributed by atoms with Crippen molar-refractivity contribution in [3.8, 4) is 0 Å². The van der Waals surface area contributed by atoms with Crippen molar-refractivity contribution in [1.29, 1.82) is 0 Å². The van der Waals surface area contributed by atoms with E-state index in [9.17, 15) is 0 Å². The van der Waals surface area contributed by atoms with Gasteiger partial charge in [-0.3, -0.25) is 0 Å². The van der Waals surface area contributed by atoms with E-state index in [0.29, 0.717) is 0 Å². The first-order valence-corrected chi connectivity index (χ1v) is 6.51. The molecule has 0 aliphatic heterocycles. The molecular weight excluding hydrogens is 192 g/mol. The molecule has 0 aromatic carbocycles. The molecule has 0 amide bonds. The van der Waals surface area contributed by atoms with Crippen molar-refractivity contribution in [2.24, 2.45) is 0 Å². The molecule has 0 unspecified atom stereocenters. The van der Waals surface area contributed by atoms with Crippen LogP contribution in [0.2, 0.25) is 0 Å². The SMILES string of the molecule is CCCCCCSc1nccn1CC. The molecule has 0 saturated heterocycles. The molecule has 0 bridgehead atoms. The molecule has 80 valence electrons. The predicted molar refractivity (Wildman–Crippen MR) is 62.8 cm³/mol. The van der Waals surface area contributed by atoms with E-state index in [4.69, 9.17) is 0 Å². The zero-order valence-corrected chi connectivity index (χ0v) is 10.0. The van der Waals surface area contributed by atoms with Gasteiger partial charge in [0.25, 0.3) is 0 Å². The average molecular weight is 212 g/mol. The van der Waals surface area contributed by atoms with E-state index in [1.807, 2.05) is 24.2 Å². The Labute approximate surface area is 91.1 Å². The van der Waals surface area contributed by atoms with Gasteiger partial charge in [0.05, 0.1) is 0 Å². The maximum atomic E-state index is 4.33. The van der Waals surface area contributed by atoms with Gasteiger partial charge < -0.3 is 4.57 Å². The first kappa shape index (κ1) is 11.6. The van der Waals surface area contributed by atoms with E-state index < -0.39 is 0 Å². The zero-order chi connectivity index (χ0) is 10.2. The summed E-state index contributed by atoms with van der Waals surface area (Å²) in [4.78, 5) is 4.33. The third-order valence-electron chi connectivity index (χ3n) is 2.25. The van der Waals surface area contributed by atoms with Gasteiger partial charge in [-0.1, -0.05) is 37.9 Å². The molecule has 14 heavy (non-hydrogen) atoms. The van der Waals surface area contributed by atoms with Crippen LogP contribution < -0.4 is 0 Å². The standard InChI is InChI=1S/C11H20N2S/c1-3-5-6-7-10-14-11-12-8-9-13(11)4-2/h8-9H,3-7,10H2,1-2H3. The van der Waals surface area contributed by atoms with Crippen LogP contribution in [-0.2, 0) is 6.54 Å². The fourth-order valence-electron chi connectivity index (χ4n) is 1.37. The highest BCUT2D eigenvalue weighted by Crippen LogP contribution is 2.17. The summed E-state index contributed by atoms with van der Waals surface area (Å²) in [6.45, 7) is 5.43. The quantitative estimate of drug-likeness (QED) is 0.508. The fraction of sp³-hybridized carbons (Fsp3) is 0.727. The number of aryl methyl sites for hydroxylation is 1. The third-order valence-corrected chi connectivity index (χ3v) is 3.34. The maximum Gasteiger partial charge on any atom is 0.167 e. The van der Waals surface area contributed by atoms with Crippen molar-refractivity contribution in [1.82, 2.24) is 9.55 Å². The Hall–Kier alpha value is -0.440. The summed E-state index contributed by atoms with van der Waals surface area (Å²) < 4.78 is 2.20.